The second kappa shape index (κ2) is 10.8. The van der Waals surface area contributed by atoms with Gasteiger partial charge in [0.05, 0.1) is 39.7 Å². The summed E-state index contributed by atoms with van der Waals surface area (Å²) in [6.45, 7) is 6.48. The van der Waals surface area contributed by atoms with Gasteiger partial charge in [0.25, 0.3) is 5.91 Å². The average Bonchev–Trinajstić information content (AvgIpc) is 3.66. The minimum Gasteiger partial charge on any atom is -0.395 e. The number of aliphatic hydroxyl groups excluding tert-OH is 1. The maximum atomic E-state index is 13.7. The van der Waals surface area contributed by atoms with Gasteiger partial charge in [0.1, 0.15) is 0 Å². The minimum absolute atomic E-state index is 0.327. The first-order chi connectivity index (χ1) is 19.2. The summed E-state index contributed by atoms with van der Waals surface area (Å²) in [6.07, 6.45) is 6.00. The van der Waals surface area contributed by atoms with Crippen LogP contribution in [0.3, 0.4) is 0 Å². The number of hydrogen-bond acceptors (Lipinski definition) is 7. The van der Waals surface area contributed by atoms with E-state index in [0.29, 0.717) is 40.3 Å². The lowest BCUT2D eigenvalue weighted by Gasteiger charge is -2.36. The van der Waals surface area contributed by atoms with E-state index in [4.69, 9.17) is 5.11 Å². The Balaban J connectivity index is 1.44. The van der Waals surface area contributed by atoms with Crippen LogP contribution in [-0.4, -0.2) is 64.6 Å². The summed E-state index contributed by atoms with van der Waals surface area (Å²) in [5.74, 6) is -0.783. The van der Waals surface area contributed by atoms with Crippen molar-refractivity contribution in [2.24, 2.45) is 5.41 Å². The van der Waals surface area contributed by atoms with Crippen LogP contribution >= 0.6 is 0 Å². The van der Waals surface area contributed by atoms with Gasteiger partial charge in [-0.15, -0.1) is 0 Å². The lowest BCUT2D eigenvalue weighted by atomic mass is 9.93. The topological polar surface area (TPSA) is 136 Å². The van der Waals surface area contributed by atoms with Gasteiger partial charge in [-0.25, -0.2) is 16.8 Å². The van der Waals surface area contributed by atoms with Crippen molar-refractivity contribution >= 4 is 48.7 Å². The molecular weight excluding hydrogens is 564 g/mol. The van der Waals surface area contributed by atoms with E-state index in [0.717, 1.165) is 44.3 Å². The van der Waals surface area contributed by atoms with Gasteiger partial charge in [0.2, 0.25) is 20.0 Å². The zero-order chi connectivity index (χ0) is 29.6. The Bertz CT molecular complexity index is 1540. The third kappa shape index (κ3) is 6.19. The van der Waals surface area contributed by atoms with E-state index >= 15 is 0 Å². The number of aryl methyl sites for hydroxylation is 1. The second-order valence-electron chi connectivity index (χ2n) is 12.5. The van der Waals surface area contributed by atoms with Crippen LogP contribution in [0.2, 0.25) is 0 Å². The van der Waals surface area contributed by atoms with E-state index in [1.54, 1.807) is 51.1 Å². The second-order valence-corrected chi connectivity index (χ2v) is 16.9. The van der Waals surface area contributed by atoms with Crippen LogP contribution in [0.1, 0.15) is 68.8 Å². The number of piperidine rings is 1. The Kier molecular flexibility index (Phi) is 7.80. The molecule has 5 rings (SSSR count). The third-order valence-corrected chi connectivity index (χ3v) is 12.3. The molecule has 2 aromatic rings. The standard InChI is InChI=1S/C29H40N4O6S2/c1-28(2,3)41(38,39)33-14-4-5-21-6-7-22(19-25(21)33)30-27(35)24-9-8-23(31-40(36,37)18-17-34)20-26(24)32-15-12-29(10-11-29)13-16-32/h6-9,19-20,31,34H,4-5,10-18H2,1-3H3,(H,30,35). The summed E-state index contributed by atoms with van der Waals surface area (Å²) in [5.41, 5.74) is 3.78. The fourth-order valence-electron chi connectivity index (χ4n) is 5.70. The summed E-state index contributed by atoms with van der Waals surface area (Å²) in [5, 5.41) is 12.1. The van der Waals surface area contributed by atoms with Crippen LogP contribution in [0, 0.1) is 5.41 Å². The van der Waals surface area contributed by atoms with Crippen molar-refractivity contribution in [3.63, 3.8) is 0 Å². The number of fused-ring (bicyclic) bond motifs is 1. The number of nitrogens with one attached hydrogen (secondary N) is 2. The highest BCUT2D eigenvalue weighted by molar-refractivity contribution is 7.94. The highest BCUT2D eigenvalue weighted by atomic mass is 32.2. The smallest absolute Gasteiger partial charge is 0.257 e. The van der Waals surface area contributed by atoms with Gasteiger partial charge in [-0.1, -0.05) is 6.07 Å². The number of hydrogen-bond donors (Lipinski definition) is 3. The first kappa shape index (κ1) is 29.7. The molecule has 2 aromatic carbocycles. The van der Waals surface area contributed by atoms with Gasteiger partial charge in [-0.2, -0.15) is 0 Å². The number of anilines is 4. The lowest BCUT2D eigenvalue weighted by Crippen LogP contribution is -2.45. The van der Waals surface area contributed by atoms with Crippen LogP contribution in [0.5, 0.6) is 0 Å². The van der Waals surface area contributed by atoms with E-state index in [1.807, 2.05) is 6.07 Å². The zero-order valence-electron chi connectivity index (χ0n) is 23.9. The molecule has 2 heterocycles. The molecule has 1 aliphatic carbocycles. The number of rotatable bonds is 8. The van der Waals surface area contributed by atoms with Crippen molar-refractivity contribution in [2.75, 3.05) is 51.2 Å². The quantitative estimate of drug-likeness (QED) is 0.415. The van der Waals surface area contributed by atoms with E-state index in [1.165, 1.54) is 17.1 Å². The number of carbonyl (C=O) groups is 1. The highest BCUT2D eigenvalue weighted by Gasteiger charge is 2.44. The predicted octanol–water partition coefficient (Wildman–Crippen LogP) is 3.93. The molecule has 41 heavy (non-hydrogen) atoms. The third-order valence-electron chi connectivity index (χ3n) is 8.48. The molecule has 1 amide bonds. The maximum Gasteiger partial charge on any atom is 0.257 e. The Hall–Kier alpha value is -2.83. The Morgan fingerprint density at radius 3 is 2.22 bits per heavy atom. The van der Waals surface area contributed by atoms with Crippen molar-refractivity contribution in [3.8, 4) is 0 Å². The number of benzene rings is 2. The van der Waals surface area contributed by atoms with E-state index in [2.05, 4.69) is 14.9 Å². The molecule has 0 aromatic heterocycles. The Morgan fingerprint density at radius 1 is 0.927 bits per heavy atom. The molecular formula is C29H40N4O6S2. The van der Waals surface area contributed by atoms with Gasteiger partial charge in [0.15, 0.2) is 0 Å². The highest BCUT2D eigenvalue weighted by Crippen LogP contribution is 2.54. The van der Waals surface area contributed by atoms with Crippen LogP contribution in [0.25, 0.3) is 0 Å². The van der Waals surface area contributed by atoms with E-state index in [-0.39, 0.29) is 5.91 Å². The number of aliphatic hydroxyl groups is 1. The molecule has 0 radical (unpaired) electrons. The van der Waals surface area contributed by atoms with E-state index in [9.17, 15) is 21.6 Å². The van der Waals surface area contributed by atoms with Crippen molar-refractivity contribution in [3.05, 3.63) is 47.5 Å². The monoisotopic (exact) mass is 604 g/mol. The fraction of sp³-hybridized carbons (Fsp3) is 0.552. The number of amides is 1. The zero-order valence-corrected chi connectivity index (χ0v) is 25.6. The number of sulfonamides is 2. The van der Waals surface area contributed by atoms with Crippen molar-refractivity contribution in [1.82, 2.24) is 0 Å². The van der Waals surface area contributed by atoms with Crippen molar-refractivity contribution < 1.29 is 26.7 Å². The molecule has 1 saturated heterocycles. The molecule has 2 fully saturated rings. The van der Waals surface area contributed by atoms with Gasteiger partial charge >= 0.3 is 0 Å². The molecule has 224 valence electrons. The molecule has 3 N–H and O–H groups in total. The average molecular weight is 605 g/mol. The molecule has 2 aliphatic heterocycles. The van der Waals surface area contributed by atoms with Crippen LogP contribution in [0.15, 0.2) is 36.4 Å². The summed E-state index contributed by atoms with van der Waals surface area (Å²) in [6, 6.07) is 10.2. The first-order valence-corrected chi connectivity index (χ1v) is 17.3. The molecule has 0 bridgehead atoms. The molecule has 0 atom stereocenters. The van der Waals surface area contributed by atoms with Gasteiger partial charge in [0, 0.05) is 25.3 Å². The van der Waals surface area contributed by atoms with Gasteiger partial charge in [-0.05, 0) is 101 Å². The SMILES string of the molecule is CC(C)(C)S(=O)(=O)N1CCCc2ccc(NC(=O)c3ccc(NS(=O)(=O)CCO)cc3N3CCC4(CC3)CC4)cc21. The molecule has 1 spiro atoms. The lowest BCUT2D eigenvalue weighted by molar-refractivity contribution is 0.102. The summed E-state index contributed by atoms with van der Waals surface area (Å²) >= 11 is 0. The molecule has 10 nitrogen and oxygen atoms in total. The first-order valence-electron chi connectivity index (χ1n) is 14.2. The molecule has 3 aliphatic rings. The largest absolute Gasteiger partial charge is 0.395 e. The van der Waals surface area contributed by atoms with Crippen LogP contribution in [0.4, 0.5) is 22.7 Å². The Labute approximate surface area is 243 Å². The summed E-state index contributed by atoms with van der Waals surface area (Å²) in [7, 11) is -7.35. The number of carbonyl (C=O) groups excluding carboxylic acids is 1. The molecule has 0 unspecified atom stereocenters. The predicted molar refractivity (Wildman–Crippen MR) is 163 cm³/mol. The van der Waals surface area contributed by atoms with Crippen LogP contribution < -0.4 is 19.2 Å². The van der Waals surface area contributed by atoms with Crippen LogP contribution in [-0.2, 0) is 26.5 Å². The fourth-order valence-corrected chi connectivity index (χ4v) is 7.98. The number of nitrogens with zero attached hydrogens (tertiary/aromatic N) is 2. The minimum atomic E-state index is -3.73. The Morgan fingerprint density at radius 2 is 1.59 bits per heavy atom. The van der Waals surface area contributed by atoms with Gasteiger partial charge < -0.3 is 15.3 Å². The molecule has 12 heteroatoms. The van der Waals surface area contributed by atoms with Crippen molar-refractivity contribution in [1.29, 1.82) is 0 Å². The normalized spacial score (nSPS) is 18.6. The van der Waals surface area contributed by atoms with Crippen molar-refractivity contribution in [2.45, 2.75) is 64.0 Å². The molecule has 1 saturated carbocycles. The van der Waals surface area contributed by atoms with Gasteiger partial charge in [-0.3, -0.25) is 13.8 Å². The maximum absolute atomic E-state index is 13.7. The van der Waals surface area contributed by atoms with E-state index < -0.39 is 37.2 Å². The summed E-state index contributed by atoms with van der Waals surface area (Å²) < 4.78 is 54.3. The summed E-state index contributed by atoms with van der Waals surface area (Å²) in [4.78, 5) is 15.8.